The molecular formula is C15H33NO. The van der Waals surface area contributed by atoms with Gasteiger partial charge >= 0.3 is 0 Å². The second-order valence-electron chi connectivity index (χ2n) is 7.60. The van der Waals surface area contributed by atoms with E-state index >= 15 is 0 Å². The van der Waals surface area contributed by atoms with Crippen molar-refractivity contribution in [3.8, 4) is 0 Å². The SMILES string of the molecule is CC(CCC(C)(C)C)NC(CCO)C(C)(C)C. The smallest absolute Gasteiger partial charge is 0.0446 e. The van der Waals surface area contributed by atoms with Crippen molar-refractivity contribution in [2.45, 2.75) is 79.8 Å². The van der Waals surface area contributed by atoms with Crippen LogP contribution in [0.1, 0.15) is 67.7 Å². The van der Waals surface area contributed by atoms with Gasteiger partial charge in [0.2, 0.25) is 0 Å². The lowest BCUT2D eigenvalue weighted by molar-refractivity contribution is 0.182. The second-order valence-corrected chi connectivity index (χ2v) is 7.60. The van der Waals surface area contributed by atoms with Crippen LogP contribution in [-0.2, 0) is 0 Å². The van der Waals surface area contributed by atoms with Gasteiger partial charge in [-0.15, -0.1) is 0 Å². The van der Waals surface area contributed by atoms with Gasteiger partial charge in [-0.2, -0.15) is 0 Å². The molecule has 17 heavy (non-hydrogen) atoms. The molecule has 2 unspecified atom stereocenters. The number of rotatable bonds is 6. The second kappa shape index (κ2) is 6.75. The van der Waals surface area contributed by atoms with Crippen molar-refractivity contribution in [2.75, 3.05) is 6.61 Å². The zero-order valence-electron chi connectivity index (χ0n) is 12.9. The van der Waals surface area contributed by atoms with Crippen LogP contribution in [0.4, 0.5) is 0 Å². The van der Waals surface area contributed by atoms with Crippen LogP contribution < -0.4 is 5.32 Å². The molecule has 0 heterocycles. The Bertz CT molecular complexity index is 200. The van der Waals surface area contributed by atoms with Crippen molar-refractivity contribution in [3.63, 3.8) is 0 Å². The molecule has 104 valence electrons. The Hall–Kier alpha value is -0.0800. The van der Waals surface area contributed by atoms with Crippen molar-refractivity contribution in [1.29, 1.82) is 0 Å². The van der Waals surface area contributed by atoms with Gasteiger partial charge in [-0.05, 0) is 37.0 Å². The topological polar surface area (TPSA) is 32.3 Å². The van der Waals surface area contributed by atoms with E-state index in [-0.39, 0.29) is 12.0 Å². The average Bonchev–Trinajstić information content (AvgIpc) is 2.11. The summed E-state index contributed by atoms with van der Waals surface area (Å²) >= 11 is 0. The van der Waals surface area contributed by atoms with Crippen LogP contribution in [0.5, 0.6) is 0 Å². The lowest BCUT2D eigenvalue weighted by Crippen LogP contribution is -2.45. The molecule has 0 bridgehead atoms. The first-order chi connectivity index (χ1) is 7.56. The lowest BCUT2D eigenvalue weighted by atomic mass is 9.83. The summed E-state index contributed by atoms with van der Waals surface area (Å²) in [6, 6.07) is 0.910. The highest BCUT2D eigenvalue weighted by atomic mass is 16.3. The van der Waals surface area contributed by atoms with Crippen molar-refractivity contribution in [1.82, 2.24) is 5.32 Å². The van der Waals surface area contributed by atoms with Gasteiger partial charge < -0.3 is 10.4 Å². The summed E-state index contributed by atoms with van der Waals surface area (Å²) in [7, 11) is 0. The summed E-state index contributed by atoms with van der Waals surface area (Å²) in [4.78, 5) is 0. The third-order valence-corrected chi connectivity index (χ3v) is 3.28. The zero-order chi connectivity index (χ0) is 13.7. The van der Waals surface area contributed by atoms with E-state index in [1.165, 1.54) is 12.8 Å². The molecule has 2 atom stereocenters. The lowest BCUT2D eigenvalue weighted by Gasteiger charge is -2.34. The maximum absolute atomic E-state index is 9.13. The predicted octanol–water partition coefficient (Wildman–Crippen LogP) is 3.59. The van der Waals surface area contributed by atoms with Crippen LogP contribution >= 0.6 is 0 Å². The van der Waals surface area contributed by atoms with Crippen LogP contribution in [0.2, 0.25) is 0 Å². The van der Waals surface area contributed by atoms with Crippen LogP contribution in [0.15, 0.2) is 0 Å². The van der Waals surface area contributed by atoms with Gasteiger partial charge in [-0.25, -0.2) is 0 Å². The quantitative estimate of drug-likeness (QED) is 0.747. The first-order valence-corrected chi connectivity index (χ1v) is 6.93. The molecule has 0 spiro atoms. The van der Waals surface area contributed by atoms with Crippen LogP contribution in [0, 0.1) is 10.8 Å². The van der Waals surface area contributed by atoms with Crippen LogP contribution in [0.25, 0.3) is 0 Å². The Morgan fingerprint density at radius 3 is 1.88 bits per heavy atom. The maximum Gasteiger partial charge on any atom is 0.0446 e. The normalized spacial score (nSPS) is 16.9. The van der Waals surface area contributed by atoms with Gasteiger partial charge in [-0.1, -0.05) is 41.5 Å². The van der Waals surface area contributed by atoms with Gasteiger partial charge in [0.25, 0.3) is 0 Å². The zero-order valence-corrected chi connectivity index (χ0v) is 12.9. The number of aliphatic hydroxyl groups is 1. The van der Waals surface area contributed by atoms with E-state index in [0.717, 1.165) is 6.42 Å². The van der Waals surface area contributed by atoms with E-state index in [1.807, 2.05) is 0 Å². The first-order valence-electron chi connectivity index (χ1n) is 6.93. The standard InChI is InChI=1S/C15H33NO/c1-12(8-10-14(2,3)4)16-13(9-11-17)15(5,6)7/h12-13,16-17H,8-11H2,1-7H3. The molecule has 0 aliphatic heterocycles. The number of nitrogens with one attached hydrogen (secondary N) is 1. The van der Waals surface area contributed by atoms with E-state index in [4.69, 9.17) is 5.11 Å². The largest absolute Gasteiger partial charge is 0.396 e. The first kappa shape index (κ1) is 16.9. The van der Waals surface area contributed by atoms with Gasteiger partial charge in [0.1, 0.15) is 0 Å². The van der Waals surface area contributed by atoms with Gasteiger partial charge in [-0.3, -0.25) is 0 Å². The number of aliphatic hydroxyl groups excluding tert-OH is 1. The predicted molar refractivity (Wildman–Crippen MR) is 76.2 cm³/mol. The van der Waals surface area contributed by atoms with E-state index in [2.05, 4.69) is 53.8 Å². The average molecular weight is 243 g/mol. The molecular weight excluding hydrogens is 210 g/mol. The van der Waals surface area contributed by atoms with Gasteiger partial charge in [0.05, 0.1) is 0 Å². The number of hydrogen-bond acceptors (Lipinski definition) is 2. The molecule has 2 heteroatoms. The van der Waals surface area contributed by atoms with E-state index in [1.54, 1.807) is 0 Å². The Balaban J connectivity index is 4.18. The van der Waals surface area contributed by atoms with Crippen molar-refractivity contribution in [2.24, 2.45) is 10.8 Å². The highest BCUT2D eigenvalue weighted by Gasteiger charge is 2.25. The van der Waals surface area contributed by atoms with Crippen molar-refractivity contribution in [3.05, 3.63) is 0 Å². The van der Waals surface area contributed by atoms with Crippen molar-refractivity contribution < 1.29 is 5.11 Å². The minimum absolute atomic E-state index is 0.207. The van der Waals surface area contributed by atoms with Crippen LogP contribution in [-0.4, -0.2) is 23.8 Å². The van der Waals surface area contributed by atoms with Crippen LogP contribution in [0.3, 0.4) is 0 Å². The van der Waals surface area contributed by atoms with Gasteiger partial charge in [0, 0.05) is 18.7 Å². The molecule has 0 aromatic heterocycles. The fourth-order valence-electron chi connectivity index (χ4n) is 1.97. The highest BCUT2D eigenvalue weighted by molar-refractivity contribution is 4.83. The highest BCUT2D eigenvalue weighted by Crippen LogP contribution is 2.25. The van der Waals surface area contributed by atoms with Crippen molar-refractivity contribution >= 4 is 0 Å². The summed E-state index contributed by atoms with van der Waals surface area (Å²) in [5, 5.41) is 12.8. The third kappa shape index (κ3) is 8.62. The molecule has 0 radical (unpaired) electrons. The molecule has 2 nitrogen and oxygen atoms in total. The molecule has 2 N–H and O–H groups in total. The Kier molecular flexibility index (Phi) is 6.71. The maximum atomic E-state index is 9.13. The van der Waals surface area contributed by atoms with E-state index in [9.17, 15) is 0 Å². The summed E-state index contributed by atoms with van der Waals surface area (Å²) in [6.45, 7) is 16.1. The minimum atomic E-state index is 0.207. The molecule has 0 aliphatic carbocycles. The molecule has 0 saturated carbocycles. The Labute approximate surface area is 108 Å². The summed E-state index contributed by atoms with van der Waals surface area (Å²) in [5.74, 6) is 0. The third-order valence-electron chi connectivity index (χ3n) is 3.28. The fourth-order valence-corrected chi connectivity index (χ4v) is 1.97. The molecule has 0 amide bonds. The van der Waals surface area contributed by atoms with E-state index in [0.29, 0.717) is 17.5 Å². The fraction of sp³-hybridized carbons (Fsp3) is 1.00. The molecule has 0 aliphatic rings. The molecule has 0 saturated heterocycles. The molecule has 0 aromatic carbocycles. The Morgan fingerprint density at radius 2 is 1.53 bits per heavy atom. The molecule has 0 aromatic rings. The summed E-state index contributed by atoms with van der Waals surface area (Å²) < 4.78 is 0. The monoisotopic (exact) mass is 243 g/mol. The van der Waals surface area contributed by atoms with Gasteiger partial charge in [0.15, 0.2) is 0 Å². The minimum Gasteiger partial charge on any atom is -0.396 e. The summed E-state index contributed by atoms with van der Waals surface area (Å²) in [5.41, 5.74) is 0.614. The van der Waals surface area contributed by atoms with E-state index < -0.39 is 0 Å². The molecule has 0 fully saturated rings. The summed E-state index contributed by atoms with van der Waals surface area (Å²) in [6.07, 6.45) is 3.27. The Morgan fingerprint density at radius 1 is 1.00 bits per heavy atom. The number of hydrogen-bond donors (Lipinski definition) is 2. The molecule has 0 rings (SSSR count).